The van der Waals surface area contributed by atoms with E-state index in [4.69, 9.17) is 16.0 Å². The van der Waals surface area contributed by atoms with Gasteiger partial charge >= 0.3 is 0 Å². The molecule has 150 valence electrons. The number of furan rings is 1. The summed E-state index contributed by atoms with van der Waals surface area (Å²) in [6.45, 7) is 3.83. The van der Waals surface area contributed by atoms with Crippen LogP contribution in [0.4, 0.5) is 5.69 Å². The van der Waals surface area contributed by atoms with Crippen molar-refractivity contribution in [3.05, 3.63) is 82.8 Å². The topological polar surface area (TPSA) is 85.8 Å². The van der Waals surface area contributed by atoms with Gasteiger partial charge in [-0.3, -0.25) is 4.79 Å². The number of aromatic nitrogens is 4. The maximum Gasteiger partial charge on any atom is 0.274 e. The van der Waals surface area contributed by atoms with Crippen molar-refractivity contribution in [2.45, 2.75) is 13.8 Å². The molecular formula is C22H18ClN5O2. The molecule has 0 aliphatic heterocycles. The van der Waals surface area contributed by atoms with E-state index in [1.807, 2.05) is 50.2 Å². The van der Waals surface area contributed by atoms with Crippen LogP contribution in [0.25, 0.3) is 23.2 Å². The average Bonchev–Trinajstić information content (AvgIpc) is 3.41. The molecule has 2 aromatic heterocycles. The molecule has 7 nitrogen and oxygen atoms in total. The number of rotatable bonds is 5. The highest BCUT2D eigenvalue weighted by Crippen LogP contribution is 2.29. The third-order valence-corrected chi connectivity index (χ3v) is 4.75. The van der Waals surface area contributed by atoms with Crippen molar-refractivity contribution in [2.24, 2.45) is 0 Å². The van der Waals surface area contributed by atoms with E-state index in [0.717, 1.165) is 16.7 Å². The quantitative estimate of drug-likeness (QED) is 0.468. The Hall–Kier alpha value is -3.71. The van der Waals surface area contributed by atoms with Gasteiger partial charge in [-0.2, -0.15) is 4.68 Å². The van der Waals surface area contributed by atoms with Crippen LogP contribution in [-0.4, -0.2) is 26.1 Å². The van der Waals surface area contributed by atoms with Gasteiger partial charge in [0.2, 0.25) is 0 Å². The first-order valence-corrected chi connectivity index (χ1v) is 9.58. The molecule has 0 aliphatic rings. The van der Waals surface area contributed by atoms with Gasteiger partial charge < -0.3 is 9.73 Å². The van der Waals surface area contributed by atoms with E-state index in [0.29, 0.717) is 22.3 Å². The standard InChI is InChI=1S/C22H18ClN5O2/c1-14-11-15(2)20(18(23)12-14)24-22(29)19(13-17-9-6-10-30-17)28-21(25-26-27-28)16-7-4-3-5-8-16/h3-13H,1-2H3,(H,24,29)/b19-13+. The smallest absolute Gasteiger partial charge is 0.274 e. The molecule has 0 saturated heterocycles. The minimum Gasteiger partial charge on any atom is -0.465 e. The number of amides is 1. The summed E-state index contributed by atoms with van der Waals surface area (Å²) >= 11 is 6.38. The molecule has 0 fully saturated rings. The fourth-order valence-corrected chi connectivity index (χ4v) is 3.47. The van der Waals surface area contributed by atoms with Gasteiger partial charge in [-0.1, -0.05) is 48.0 Å². The van der Waals surface area contributed by atoms with Gasteiger partial charge in [0.05, 0.1) is 17.0 Å². The predicted molar refractivity (Wildman–Crippen MR) is 116 cm³/mol. The number of tetrazole rings is 1. The largest absolute Gasteiger partial charge is 0.465 e. The van der Waals surface area contributed by atoms with E-state index in [9.17, 15) is 4.79 Å². The summed E-state index contributed by atoms with van der Waals surface area (Å²) in [6, 6.07) is 16.6. The number of hydrogen-bond acceptors (Lipinski definition) is 5. The first-order valence-electron chi connectivity index (χ1n) is 9.20. The van der Waals surface area contributed by atoms with E-state index in [-0.39, 0.29) is 5.70 Å². The number of anilines is 1. The lowest BCUT2D eigenvalue weighted by Gasteiger charge is -2.14. The van der Waals surface area contributed by atoms with Gasteiger partial charge in [0, 0.05) is 11.6 Å². The molecule has 0 atom stereocenters. The normalized spacial score (nSPS) is 11.5. The van der Waals surface area contributed by atoms with Crippen molar-refractivity contribution in [3.8, 4) is 11.4 Å². The monoisotopic (exact) mass is 419 g/mol. The van der Waals surface area contributed by atoms with E-state index < -0.39 is 5.91 Å². The fourth-order valence-electron chi connectivity index (χ4n) is 3.10. The van der Waals surface area contributed by atoms with Crippen molar-refractivity contribution in [3.63, 3.8) is 0 Å². The second-order valence-corrected chi connectivity index (χ2v) is 7.13. The molecule has 0 aliphatic carbocycles. The maximum atomic E-state index is 13.3. The van der Waals surface area contributed by atoms with Crippen molar-refractivity contribution in [2.75, 3.05) is 5.32 Å². The zero-order valence-corrected chi connectivity index (χ0v) is 17.1. The van der Waals surface area contributed by atoms with Crippen LogP contribution >= 0.6 is 11.6 Å². The van der Waals surface area contributed by atoms with E-state index in [1.54, 1.807) is 24.3 Å². The molecular weight excluding hydrogens is 402 g/mol. The SMILES string of the molecule is Cc1cc(C)c(NC(=O)/C(=C\c2ccco2)n2nnnc2-c2ccccc2)c(Cl)c1. The Morgan fingerprint density at radius 1 is 1.13 bits per heavy atom. The molecule has 30 heavy (non-hydrogen) atoms. The zero-order valence-electron chi connectivity index (χ0n) is 16.3. The molecule has 1 amide bonds. The van der Waals surface area contributed by atoms with Gasteiger partial charge in [-0.25, -0.2) is 0 Å². The predicted octanol–water partition coefficient (Wildman–Crippen LogP) is 4.84. The summed E-state index contributed by atoms with van der Waals surface area (Å²) in [5.74, 6) is 0.487. The summed E-state index contributed by atoms with van der Waals surface area (Å²) in [7, 11) is 0. The lowest BCUT2D eigenvalue weighted by atomic mass is 10.1. The molecule has 1 N–H and O–H groups in total. The van der Waals surface area contributed by atoms with Crippen molar-refractivity contribution in [1.82, 2.24) is 20.2 Å². The summed E-state index contributed by atoms with van der Waals surface area (Å²) in [5, 5.41) is 15.3. The second-order valence-electron chi connectivity index (χ2n) is 6.72. The molecule has 0 spiro atoms. The highest BCUT2D eigenvalue weighted by molar-refractivity contribution is 6.35. The van der Waals surface area contributed by atoms with Crippen LogP contribution < -0.4 is 5.32 Å². The lowest BCUT2D eigenvalue weighted by Crippen LogP contribution is -2.20. The van der Waals surface area contributed by atoms with Gasteiger partial charge in [-0.05, 0) is 53.6 Å². The van der Waals surface area contributed by atoms with Crippen LogP contribution in [0.1, 0.15) is 16.9 Å². The minimum absolute atomic E-state index is 0.185. The van der Waals surface area contributed by atoms with E-state index in [1.165, 1.54) is 10.9 Å². The number of nitrogens with zero attached hydrogens (tertiary/aromatic N) is 4. The molecule has 0 unspecified atom stereocenters. The van der Waals surface area contributed by atoms with Crippen LogP contribution in [0.15, 0.2) is 65.3 Å². The van der Waals surface area contributed by atoms with Crippen LogP contribution in [0, 0.1) is 13.8 Å². The summed E-state index contributed by atoms with van der Waals surface area (Å²) < 4.78 is 6.79. The van der Waals surface area contributed by atoms with Gasteiger partial charge in [0.25, 0.3) is 5.91 Å². The third-order valence-electron chi connectivity index (χ3n) is 4.45. The number of aryl methyl sites for hydroxylation is 2. The molecule has 0 saturated carbocycles. The van der Waals surface area contributed by atoms with Gasteiger partial charge in [0.15, 0.2) is 5.82 Å². The van der Waals surface area contributed by atoms with Crippen molar-refractivity contribution >= 4 is 35.0 Å². The number of halogens is 1. The number of carbonyl (C=O) groups is 1. The Balaban J connectivity index is 1.78. The second kappa shape index (κ2) is 8.34. The fraction of sp³-hybridized carbons (Fsp3) is 0.0909. The number of benzene rings is 2. The Bertz CT molecular complexity index is 1190. The Morgan fingerprint density at radius 2 is 1.93 bits per heavy atom. The number of hydrogen-bond donors (Lipinski definition) is 1. The van der Waals surface area contributed by atoms with Gasteiger partial charge in [-0.15, -0.1) is 5.10 Å². The summed E-state index contributed by atoms with van der Waals surface area (Å²) in [5.41, 5.74) is 3.35. The molecule has 0 bridgehead atoms. The van der Waals surface area contributed by atoms with Crippen LogP contribution in [-0.2, 0) is 4.79 Å². The maximum absolute atomic E-state index is 13.3. The van der Waals surface area contributed by atoms with Gasteiger partial charge in [0.1, 0.15) is 11.5 Å². The van der Waals surface area contributed by atoms with Crippen molar-refractivity contribution < 1.29 is 9.21 Å². The molecule has 2 heterocycles. The Morgan fingerprint density at radius 3 is 2.63 bits per heavy atom. The lowest BCUT2D eigenvalue weighted by molar-refractivity contribution is -0.111. The Labute approximate surface area is 178 Å². The minimum atomic E-state index is -0.426. The summed E-state index contributed by atoms with van der Waals surface area (Å²) in [4.78, 5) is 13.3. The molecule has 4 aromatic rings. The van der Waals surface area contributed by atoms with Crippen LogP contribution in [0.3, 0.4) is 0 Å². The van der Waals surface area contributed by atoms with E-state index in [2.05, 4.69) is 20.8 Å². The van der Waals surface area contributed by atoms with E-state index >= 15 is 0 Å². The number of carbonyl (C=O) groups excluding carboxylic acids is 1. The highest BCUT2D eigenvalue weighted by Gasteiger charge is 2.21. The molecule has 2 aromatic carbocycles. The molecule has 0 radical (unpaired) electrons. The Kier molecular flexibility index (Phi) is 5.45. The molecule has 8 heteroatoms. The number of nitrogens with one attached hydrogen (secondary N) is 1. The molecule has 4 rings (SSSR count). The first-order chi connectivity index (χ1) is 14.5. The first kappa shape index (κ1) is 19.6. The van der Waals surface area contributed by atoms with Crippen LogP contribution in [0.2, 0.25) is 5.02 Å². The average molecular weight is 420 g/mol. The third kappa shape index (κ3) is 4.01. The zero-order chi connectivity index (χ0) is 21.1. The van der Waals surface area contributed by atoms with Crippen molar-refractivity contribution in [1.29, 1.82) is 0 Å². The highest BCUT2D eigenvalue weighted by atomic mass is 35.5. The summed E-state index contributed by atoms with van der Waals surface area (Å²) in [6.07, 6.45) is 3.11. The van der Waals surface area contributed by atoms with Crippen LogP contribution in [0.5, 0.6) is 0 Å².